The molecule has 1 N–H and O–H groups in total. The normalized spacial score (nSPS) is 23.4. The van der Waals surface area contributed by atoms with Gasteiger partial charge in [-0.3, -0.25) is 0 Å². The number of nitrogens with zero attached hydrogens (tertiary/aromatic N) is 1. The highest BCUT2D eigenvalue weighted by molar-refractivity contribution is 5.51. The van der Waals surface area contributed by atoms with Crippen molar-refractivity contribution in [2.24, 2.45) is 5.92 Å². The molecule has 2 atom stereocenters. The van der Waals surface area contributed by atoms with Crippen LogP contribution in [0.4, 0.5) is 5.69 Å². The predicted octanol–water partition coefficient (Wildman–Crippen LogP) is 2.70. The molecule has 3 heteroatoms. The Bertz CT molecular complexity index is 436. The highest BCUT2D eigenvalue weighted by Gasteiger charge is 2.23. The van der Waals surface area contributed by atoms with E-state index in [4.69, 9.17) is 10.00 Å². The number of aryl methyl sites for hydroxylation is 1. The van der Waals surface area contributed by atoms with Gasteiger partial charge in [-0.05, 0) is 44.0 Å². The lowest BCUT2D eigenvalue weighted by atomic mass is 10.0. The van der Waals surface area contributed by atoms with Gasteiger partial charge in [0.2, 0.25) is 0 Å². The van der Waals surface area contributed by atoms with Crippen molar-refractivity contribution in [3.05, 3.63) is 29.3 Å². The Balaban J connectivity index is 1.95. The Morgan fingerprint density at radius 3 is 2.94 bits per heavy atom. The van der Waals surface area contributed by atoms with E-state index >= 15 is 0 Å². The number of hydrogen-bond donors (Lipinski definition) is 1. The minimum Gasteiger partial charge on any atom is -0.385 e. The number of benzene rings is 1. The maximum Gasteiger partial charge on any atom is 0.0994 e. The fourth-order valence-electron chi connectivity index (χ4n) is 2.19. The number of nitriles is 1. The first-order chi connectivity index (χ1) is 8.20. The van der Waals surface area contributed by atoms with Gasteiger partial charge >= 0.3 is 0 Å². The second-order valence-electron chi connectivity index (χ2n) is 4.65. The van der Waals surface area contributed by atoms with Crippen LogP contribution in [-0.2, 0) is 4.74 Å². The monoisotopic (exact) mass is 230 g/mol. The van der Waals surface area contributed by atoms with Crippen LogP contribution in [-0.4, -0.2) is 19.3 Å². The molecule has 0 aromatic heterocycles. The molecule has 1 aliphatic rings. The van der Waals surface area contributed by atoms with Gasteiger partial charge in [0.25, 0.3) is 0 Å². The van der Waals surface area contributed by atoms with Crippen LogP contribution in [0.15, 0.2) is 18.2 Å². The van der Waals surface area contributed by atoms with Crippen molar-refractivity contribution >= 4 is 5.69 Å². The molecule has 2 rings (SSSR count). The first-order valence-corrected chi connectivity index (χ1v) is 6.07. The highest BCUT2D eigenvalue weighted by Crippen LogP contribution is 2.21. The summed E-state index contributed by atoms with van der Waals surface area (Å²) < 4.78 is 5.53. The first-order valence-electron chi connectivity index (χ1n) is 6.07. The third-order valence-electron chi connectivity index (χ3n) is 3.45. The quantitative estimate of drug-likeness (QED) is 0.868. The van der Waals surface area contributed by atoms with E-state index in [1.807, 2.05) is 25.1 Å². The van der Waals surface area contributed by atoms with Crippen molar-refractivity contribution in [2.75, 3.05) is 18.5 Å². The van der Waals surface area contributed by atoms with Crippen molar-refractivity contribution in [3.8, 4) is 6.07 Å². The second kappa shape index (κ2) is 5.20. The van der Waals surface area contributed by atoms with Crippen LogP contribution < -0.4 is 5.32 Å². The van der Waals surface area contributed by atoms with Crippen molar-refractivity contribution in [3.63, 3.8) is 0 Å². The molecular weight excluding hydrogens is 212 g/mol. The fraction of sp³-hybridized carbons (Fsp3) is 0.500. The van der Waals surface area contributed by atoms with Gasteiger partial charge in [-0.1, -0.05) is 0 Å². The summed E-state index contributed by atoms with van der Waals surface area (Å²) in [5.41, 5.74) is 2.85. The summed E-state index contributed by atoms with van der Waals surface area (Å²) in [5, 5.41) is 12.3. The molecule has 0 amide bonds. The molecule has 0 radical (unpaired) electrons. The van der Waals surface area contributed by atoms with Gasteiger partial charge in [-0.25, -0.2) is 0 Å². The summed E-state index contributed by atoms with van der Waals surface area (Å²) in [7, 11) is 0. The largest absolute Gasteiger partial charge is 0.385 e. The van der Waals surface area contributed by atoms with Crippen LogP contribution in [0.2, 0.25) is 0 Å². The zero-order chi connectivity index (χ0) is 12.3. The average molecular weight is 230 g/mol. The maximum atomic E-state index is 8.86. The van der Waals surface area contributed by atoms with Crippen LogP contribution in [0.25, 0.3) is 0 Å². The van der Waals surface area contributed by atoms with Crippen LogP contribution in [0.3, 0.4) is 0 Å². The van der Waals surface area contributed by atoms with Crippen molar-refractivity contribution < 1.29 is 4.74 Å². The minimum atomic E-state index is 0.349. The summed E-state index contributed by atoms with van der Waals surface area (Å²) in [6.45, 7) is 5.90. The number of ether oxygens (including phenoxy) is 1. The minimum absolute atomic E-state index is 0.349. The Morgan fingerprint density at radius 2 is 2.35 bits per heavy atom. The van der Waals surface area contributed by atoms with E-state index in [9.17, 15) is 0 Å². The summed E-state index contributed by atoms with van der Waals surface area (Å²) in [6.07, 6.45) is 1.48. The van der Waals surface area contributed by atoms with E-state index in [-0.39, 0.29) is 0 Å². The SMILES string of the molecule is Cc1cc(NCC2CCOC2C)ccc1C#N. The van der Waals surface area contributed by atoms with E-state index in [1.54, 1.807) is 0 Å². The zero-order valence-corrected chi connectivity index (χ0v) is 10.4. The van der Waals surface area contributed by atoms with E-state index < -0.39 is 0 Å². The topological polar surface area (TPSA) is 45.0 Å². The van der Waals surface area contributed by atoms with Crippen molar-refractivity contribution in [2.45, 2.75) is 26.4 Å². The predicted molar refractivity (Wildman–Crippen MR) is 67.9 cm³/mol. The lowest BCUT2D eigenvalue weighted by Crippen LogP contribution is -2.20. The average Bonchev–Trinajstić information content (AvgIpc) is 2.72. The molecule has 1 aliphatic heterocycles. The standard InChI is InChI=1S/C14H18N2O/c1-10-7-14(4-3-12(10)8-15)16-9-13-5-6-17-11(13)2/h3-4,7,11,13,16H,5-6,9H2,1-2H3. The molecule has 1 aromatic carbocycles. The third-order valence-corrected chi connectivity index (χ3v) is 3.45. The molecule has 3 nitrogen and oxygen atoms in total. The molecule has 2 unspecified atom stereocenters. The highest BCUT2D eigenvalue weighted by atomic mass is 16.5. The molecular formula is C14H18N2O. The second-order valence-corrected chi connectivity index (χ2v) is 4.65. The van der Waals surface area contributed by atoms with Gasteiger partial charge in [-0.2, -0.15) is 5.26 Å². The van der Waals surface area contributed by atoms with E-state index in [1.165, 1.54) is 0 Å². The molecule has 90 valence electrons. The molecule has 0 aliphatic carbocycles. The van der Waals surface area contributed by atoms with Gasteiger partial charge in [0.05, 0.1) is 17.7 Å². The maximum absolute atomic E-state index is 8.86. The van der Waals surface area contributed by atoms with Crippen molar-refractivity contribution in [1.29, 1.82) is 5.26 Å². The molecule has 0 saturated carbocycles. The van der Waals surface area contributed by atoms with Crippen LogP contribution in [0.1, 0.15) is 24.5 Å². The molecule has 0 bridgehead atoms. The Morgan fingerprint density at radius 1 is 1.53 bits per heavy atom. The molecule has 1 aromatic rings. The van der Waals surface area contributed by atoms with E-state index in [0.717, 1.165) is 36.4 Å². The van der Waals surface area contributed by atoms with Crippen LogP contribution >= 0.6 is 0 Å². The Kier molecular flexibility index (Phi) is 3.65. The van der Waals surface area contributed by atoms with Gasteiger partial charge in [-0.15, -0.1) is 0 Å². The van der Waals surface area contributed by atoms with E-state index in [2.05, 4.69) is 18.3 Å². The van der Waals surface area contributed by atoms with Crippen LogP contribution in [0.5, 0.6) is 0 Å². The summed E-state index contributed by atoms with van der Waals surface area (Å²) in [5.74, 6) is 0.589. The smallest absolute Gasteiger partial charge is 0.0994 e. The van der Waals surface area contributed by atoms with Gasteiger partial charge in [0, 0.05) is 24.8 Å². The third kappa shape index (κ3) is 2.78. The zero-order valence-electron chi connectivity index (χ0n) is 10.4. The molecule has 1 fully saturated rings. The van der Waals surface area contributed by atoms with Gasteiger partial charge in [0.15, 0.2) is 0 Å². The summed E-state index contributed by atoms with van der Waals surface area (Å²) in [4.78, 5) is 0. The lowest BCUT2D eigenvalue weighted by Gasteiger charge is -2.16. The van der Waals surface area contributed by atoms with Gasteiger partial charge in [0.1, 0.15) is 0 Å². The lowest BCUT2D eigenvalue weighted by molar-refractivity contribution is 0.108. The number of rotatable bonds is 3. The number of anilines is 1. The van der Waals surface area contributed by atoms with Crippen LogP contribution in [0, 0.1) is 24.2 Å². The number of hydrogen-bond acceptors (Lipinski definition) is 3. The Labute approximate surface area is 102 Å². The van der Waals surface area contributed by atoms with Gasteiger partial charge < -0.3 is 10.1 Å². The fourth-order valence-corrected chi connectivity index (χ4v) is 2.19. The summed E-state index contributed by atoms with van der Waals surface area (Å²) >= 11 is 0. The summed E-state index contributed by atoms with van der Waals surface area (Å²) in [6, 6.07) is 8.04. The molecule has 1 heterocycles. The number of nitrogens with one attached hydrogen (secondary N) is 1. The molecule has 0 spiro atoms. The van der Waals surface area contributed by atoms with E-state index in [0.29, 0.717) is 12.0 Å². The van der Waals surface area contributed by atoms with Crippen molar-refractivity contribution in [1.82, 2.24) is 0 Å². The Hall–Kier alpha value is -1.53. The first kappa shape index (κ1) is 11.9. The molecule has 17 heavy (non-hydrogen) atoms. The molecule has 1 saturated heterocycles.